The van der Waals surface area contributed by atoms with Crippen molar-refractivity contribution in [2.45, 2.75) is 0 Å². The molecule has 0 amide bonds. The van der Waals surface area contributed by atoms with E-state index in [0.29, 0.717) is 16.3 Å². The van der Waals surface area contributed by atoms with Gasteiger partial charge in [0.1, 0.15) is 5.75 Å². The van der Waals surface area contributed by atoms with Crippen LogP contribution in [0.25, 0.3) is 0 Å². The standard InChI is InChI=1S/C12H13ClO4S/c1-16-11-4-3-8(5-9(11)13)10(14)6-18-7-12(15)17-2/h3-5H,6-7H2,1-2H3. The molecule has 0 aliphatic carbocycles. The molecule has 1 aromatic rings. The van der Waals surface area contributed by atoms with E-state index in [1.807, 2.05) is 0 Å². The van der Waals surface area contributed by atoms with Crippen LogP contribution in [0.1, 0.15) is 10.4 Å². The Morgan fingerprint density at radius 1 is 1.28 bits per heavy atom. The highest BCUT2D eigenvalue weighted by Crippen LogP contribution is 2.25. The van der Waals surface area contributed by atoms with Gasteiger partial charge in [0.15, 0.2) is 5.78 Å². The molecule has 0 atom stereocenters. The van der Waals surface area contributed by atoms with Gasteiger partial charge in [0.2, 0.25) is 0 Å². The zero-order chi connectivity index (χ0) is 13.5. The average Bonchev–Trinajstić information content (AvgIpc) is 2.38. The number of carbonyl (C=O) groups excluding carboxylic acids is 2. The van der Waals surface area contributed by atoms with Crippen LogP contribution in [0.15, 0.2) is 18.2 Å². The average molecular weight is 289 g/mol. The minimum absolute atomic E-state index is 0.0894. The Hall–Kier alpha value is -1.20. The smallest absolute Gasteiger partial charge is 0.315 e. The minimum Gasteiger partial charge on any atom is -0.495 e. The lowest BCUT2D eigenvalue weighted by molar-refractivity contribution is -0.137. The van der Waals surface area contributed by atoms with E-state index in [4.69, 9.17) is 16.3 Å². The van der Waals surface area contributed by atoms with E-state index < -0.39 is 0 Å². The number of carbonyl (C=O) groups is 2. The number of thioether (sulfide) groups is 1. The number of methoxy groups -OCH3 is 2. The second-order valence-electron chi connectivity index (χ2n) is 3.34. The molecule has 0 aliphatic heterocycles. The number of Topliss-reactive ketones (excluding diaryl/α,β-unsaturated/α-hetero) is 1. The Morgan fingerprint density at radius 3 is 2.56 bits per heavy atom. The van der Waals surface area contributed by atoms with E-state index in [-0.39, 0.29) is 23.3 Å². The Balaban J connectivity index is 2.56. The SMILES string of the molecule is COC(=O)CSCC(=O)c1ccc(OC)c(Cl)c1. The Kier molecular flexibility index (Phi) is 6.01. The van der Waals surface area contributed by atoms with E-state index in [1.165, 1.54) is 26.0 Å². The van der Waals surface area contributed by atoms with Crippen molar-refractivity contribution < 1.29 is 19.1 Å². The molecule has 1 rings (SSSR count). The predicted octanol–water partition coefficient (Wildman–Crippen LogP) is 2.44. The van der Waals surface area contributed by atoms with Gasteiger partial charge in [-0.2, -0.15) is 0 Å². The highest BCUT2D eigenvalue weighted by atomic mass is 35.5. The summed E-state index contributed by atoms with van der Waals surface area (Å²) < 4.78 is 9.48. The summed E-state index contributed by atoms with van der Waals surface area (Å²) in [6, 6.07) is 4.84. The number of halogens is 1. The van der Waals surface area contributed by atoms with Gasteiger partial charge >= 0.3 is 5.97 Å². The van der Waals surface area contributed by atoms with Gasteiger partial charge in [-0.1, -0.05) is 11.6 Å². The first-order valence-electron chi connectivity index (χ1n) is 5.09. The van der Waals surface area contributed by atoms with Crippen molar-refractivity contribution in [3.05, 3.63) is 28.8 Å². The highest BCUT2D eigenvalue weighted by molar-refractivity contribution is 8.00. The third-order valence-electron chi connectivity index (χ3n) is 2.15. The van der Waals surface area contributed by atoms with Crippen molar-refractivity contribution in [1.82, 2.24) is 0 Å². The van der Waals surface area contributed by atoms with Crippen LogP contribution >= 0.6 is 23.4 Å². The summed E-state index contributed by atoms with van der Waals surface area (Å²) in [6.07, 6.45) is 0. The van der Waals surface area contributed by atoms with Gasteiger partial charge in [-0.25, -0.2) is 0 Å². The molecule has 0 heterocycles. The molecule has 6 heteroatoms. The van der Waals surface area contributed by atoms with Gasteiger partial charge < -0.3 is 9.47 Å². The number of rotatable bonds is 6. The lowest BCUT2D eigenvalue weighted by Gasteiger charge is -2.05. The van der Waals surface area contributed by atoms with Crippen molar-refractivity contribution in [3.8, 4) is 5.75 Å². The first-order chi connectivity index (χ1) is 8.58. The van der Waals surface area contributed by atoms with E-state index in [2.05, 4.69) is 4.74 Å². The lowest BCUT2D eigenvalue weighted by atomic mass is 10.1. The van der Waals surface area contributed by atoms with Gasteiger partial charge in [-0.15, -0.1) is 11.8 Å². The maximum Gasteiger partial charge on any atom is 0.315 e. The monoisotopic (exact) mass is 288 g/mol. The first kappa shape index (κ1) is 14.9. The van der Waals surface area contributed by atoms with Crippen LogP contribution < -0.4 is 4.74 Å². The van der Waals surface area contributed by atoms with Gasteiger partial charge in [0, 0.05) is 5.56 Å². The van der Waals surface area contributed by atoms with Crippen LogP contribution in [0, 0.1) is 0 Å². The van der Waals surface area contributed by atoms with E-state index in [0.717, 1.165) is 0 Å². The van der Waals surface area contributed by atoms with E-state index in [1.54, 1.807) is 18.2 Å². The number of benzene rings is 1. The minimum atomic E-state index is -0.347. The summed E-state index contributed by atoms with van der Waals surface area (Å²) in [4.78, 5) is 22.7. The Bertz CT molecular complexity index is 448. The second kappa shape index (κ2) is 7.28. The normalized spacial score (nSPS) is 9.94. The number of hydrogen-bond acceptors (Lipinski definition) is 5. The molecule has 0 saturated heterocycles. The van der Waals surface area contributed by atoms with Gasteiger partial charge in [-0.05, 0) is 18.2 Å². The fourth-order valence-corrected chi connectivity index (χ4v) is 2.21. The zero-order valence-electron chi connectivity index (χ0n) is 10.1. The molecule has 4 nitrogen and oxygen atoms in total. The molecule has 0 aromatic heterocycles. The van der Waals surface area contributed by atoms with Crippen molar-refractivity contribution >= 4 is 35.1 Å². The van der Waals surface area contributed by atoms with E-state index in [9.17, 15) is 9.59 Å². The van der Waals surface area contributed by atoms with Gasteiger partial charge in [0.05, 0.1) is 30.7 Å². The van der Waals surface area contributed by atoms with Crippen LogP contribution in [-0.4, -0.2) is 37.5 Å². The molecule has 0 bridgehead atoms. The zero-order valence-corrected chi connectivity index (χ0v) is 11.6. The van der Waals surface area contributed by atoms with Crippen LogP contribution in [0.2, 0.25) is 5.02 Å². The molecule has 0 unspecified atom stereocenters. The van der Waals surface area contributed by atoms with Gasteiger partial charge in [-0.3, -0.25) is 9.59 Å². The first-order valence-corrected chi connectivity index (χ1v) is 6.63. The number of ketones is 1. The van der Waals surface area contributed by atoms with Gasteiger partial charge in [0.25, 0.3) is 0 Å². The molecular formula is C12H13ClO4S. The number of esters is 1. The molecular weight excluding hydrogens is 276 g/mol. The summed E-state index contributed by atoms with van der Waals surface area (Å²) >= 11 is 7.13. The molecule has 18 heavy (non-hydrogen) atoms. The lowest BCUT2D eigenvalue weighted by Crippen LogP contribution is -2.08. The molecule has 0 radical (unpaired) electrons. The third-order valence-corrected chi connectivity index (χ3v) is 3.36. The molecule has 0 aliphatic rings. The fourth-order valence-electron chi connectivity index (χ4n) is 1.21. The number of hydrogen-bond donors (Lipinski definition) is 0. The van der Waals surface area contributed by atoms with Crippen LogP contribution in [0.5, 0.6) is 5.75 Å². The molecule has 0 spiro atoms. The summed E-state index contributed by atoms with van der Waals surface area (Å²) in [7, 11) is 2.82. The summed E-state index contributed by atoms with van der Waals surface area (Å²) in [5.41, 5.74) is 0.498. The summed E-state index contributed by atoms with van der Waals surface area (Å²) in [6.45, 7) is 0. The maximum absolute atomic E-state index is 11.8. The Labute approximate surface area is 115 Å². The predicted molar refractivity (Wildman–Crippen MR) is 71.7 cm³/mol. The van der Waals surface area contributed by atoms with Crippen molar-refractivity contribution in [3.63, 3.8) is 0 Å². The van der Waals surface area contributed by atoms with Crippen molar-refractivity contribution in [1.29, 1.82) is 0 Å². The highest BCUT2D eigenvalue weighted by Gasteiger charge is 2.10. The molecule has 1 aromatic carbocycles. The van der Waals surface area contributed by atoms with Crippen LogP contribution in [0.4, 0.5) is 0 Å². The van der Waals surface area contributed by atoms with Crippen molar-refractivity contribution in [2.75, 3.05) is 25.7 Å². The molecule has 0 N–H and O–H groups in total. The largest absolute Gasteiger partial charge is 0.495 e. The maximum atomic E-state index is 11.8. The third kappa shape index (κ3) is 4.23. The van der Waals surface area contributed by atoms with Crippen molar-refractivity contribution in [2.24, 2.45) is 0 Å². The van der Waals surface area contributed by atoms with Crippen LogP contribution in [-0.2, 0) is 9.53 Å². The number of ether oxygens (including phenoxy) is 2. The fraction of sp³-hybridized carbons (Fsp3) is 0.333. The Morgan fingerprint density at radius 2 is 2.00 bits per heavy atom. The summed E-state index contributed by atoms with van der Waals surface area (Å²) in [5, 5.41) is 0.390. The summed E-state index contributed by atoms with van der Waals surface area (Å²) in [5.74, 6) is 0.452. The molecule has 0 saturated carbocycles. The quantitative estimate of drug-likeness (QED) is 0.594. The second-order valence-corrected chi connectivity index (χ2v) is 4.73. The molecule has 0 fully saturated rings. The topological polar surface area (TPSA) is 52.6 Å². The molecule has 98 valence electrons. The van der Waals surface area contributed by atoms with E-state index >= 15 is 0 Å². The van der Waals surface area contributed by atoms with Crippen LogP contribution in [0.3, 0.4) is 0 Å².